The van der Waals surface area contributed by atoms with Crippen molar-refractivity contribution >= 4 is 6.29 Å². The SMILES string of the molecule is CC1C=C(C=O)C(C)(O)C2=C1CCC(O)C2. The van der Waals surface area contributed by atoms with Crippen LogP contribution in [0.3, 0.4) is 0 Å². The van der Waals surface area contributed by atoms with E-state index in [1.165, 1.54) is 5.57 Å². The van der Waals surface area contributed by atoms with E-state index in [9.17, 15) is 15.0 Å². The van der Waals surface area contributed by atoms with Gasteiger partial charge in [0.25, 0.3) is 0 Å². The van der Waals surface area contributed by atoms with E-state index in [1.54, 1.807) is 6.92 Å². The molecule has 0 radical (unpaired) electrons. The maximum atomic E-state index is 11.0. The lowest BCUT2D eigenvalue weighted by atomic mass is 9.70. The highest BCUT2D eigenvalue weighted by Gasteiger charge is 2.39. The van der Waals surface area contributed by atoms with Crippen molar-refractivity contribution in [2.24, 2.45) is 5.92 Å². The fourth-order valence-corrected chi connectivity index (χ4v) is 2.82. The number of aliphatic hydroxyl groups excluding tert-OH is 1. The smallest absolute Gasteiger partial charge is 0.148 e. The average molecular weight is 222 g/mol. The third-order valence-electron chi connectivity index (χ3n) is 3.83. The molecule has 3 heteroatoms. The molecular weight excluding hydrogens is 204 g/mol. The summed E-state index contributed by atoms with van der Waals surface area (Å²) in [7, 11) is 0. The van der Waals surface area contributed by atoms with Crippen LogP contribution in [0.25, 0.3) is 0 Å². The zero-order chi connectivity index (χ0) is 11.9. The van der Waals surface area contributed by atoms with Gasteiger partial charge in [0.05, 0.1) is 6.10 Å². The Morgan fingerprint density at radius 2 is 2.25 bits per heavy atom. The zero-order valence-electron chi connectivity index (χ0n) is 9.73. The topological polar surface area (TPSA) is 57.5 Å². The lowest BCUT2D eigenvalue weighted by Gasteiger charge is -2.39. The van der Waals surface area contributed by atoms with Crippen LogP contribution in [0.15, 0.2) is 22.8 Å². The second-order valence-electron chi connectivity index (χ2n) is 5.00. The molecule has 0 fully saturated rings. The van der Waals surface area contributed by atoms with Crippen LogP contribution < -0.4 is 0 Å². The molecule has 88 valence electrons. The van der Waals surface area contributed by atoms with Crippen molar-refractivity contribution in [2.45, 2.75) is 44.8 Å². The van der Waals surface area contributed by atoms with Gasteiger partial charge in [-0.25, -0.2) is 0 Å². The van der Waals surface area contributed by atoms with E-state index in [-0.39, 0.29) is 12.0 Å². The fourth-order valence-electron chi connectivity index (χ4n) is 2.82. The number of carbonyl (C=O) groups is 1. The van der Waals surface area contributed by atoms with Crippen LogP contribution in [0.2, 0.25) is 0 Å². The Bertz CT molecular complexity index is 377. The first-order valence-electron chi connectivity index (χ1n) is 5.77. The van der Waals surface area contributed by atoms with Gasteiger partial charge in [0.15, 0.2) is 0 Å². The van der Waals surface area contributed by atoms with Crippen molar-refractivity contribution in [3.8, 4) is 0 Å². The third kappa shape index (κ3) is 1.64. The first-order chi connectivity index (χ1) is 7.46. The molecule has 0 saturated heterocycles. The molecule has 0 aromatic heterocycles. The van der Waals surface area contributed by atoms with Gasteiger partial charge in [-0.2, -0.15) is 0 Å². The van der Waals surface area contributed by atoms with Gasteiger partial charge in [0.2, 0.25) is 0 Å². The number of aldehydes is 1. The first-order valence-corrected chi connectivity index (χ1v) is 5.77. The maximum absolute atomic E-state index is 11.0. The van der Waals surface area contributed by atoms with E-state index >= 15 is 0 Å². The molecule has 16 heavy (non-hydrogen) atoms. The number of aliphatic hydroxyl groups is 2. The van der Waals surface area contributed by atoms with Crippen LogP contribution in [-0.2, 0) is 4.79 Å². The number of rotatable bonds is 1. The standard InChI is InChI=1S/C13H18O3/c1-8-5-9(7-14)13(2,16)12-6-10(15)3-4-11(8)12/h5,7-8,10,15-16H,3-4,6H2,1-2H3. The van der Waals surface area contributed by atoms with E-state index < -0.39 is 5.60 Å². The van der Waals surface area contributed by atoms with Crippen molar-refractivity contribution in [3.05, 3.63) is 22.8 Å². The summed E-state index contributed by atoms with van der Waals surface area (Å²) in [6, 6.07) is 0. The summed E-state index contributed by atoms with van der Waals surface area (Å²) in [6.07, 6.45) is 4.23. The number of carbonyl (C=O) groups excluding carboxylic acids is 1. The molecule has 0 spiro atoms. The molecule has 3 nitrogen and oxygen atoms in total. The normalized spacial score (nSPS) is 39.1. The Kier molecular flexibility index (Phi) is 2.76. The minimum Gasteiger partial charge on any atom is -0.393 e. The van der Waals surface area contributed by atoms with Crippen molar-refractivity contribution < 1.29 is 15.0 Å². The summed E-state index contributed by atoms with van der Waals surface area (Å²) < 4.78 is 0. The molecule has 0 aliphatic heterocycles. The molecule has 2 rings (SSSR count). The molecule has 2 N–H and O–H groups in total. The summed E-state index contributed by atoms with van der Waals surface area (Å²) in [5.74, 6) is 0.197. The Hall–Kier alpha value is -0.930. The highest BCUT2D eigenvalue weighted by atomic mass is 16.3. The van der Waals surface area contributed by atoms with Gasteiger partial charge in [0, 0.05) is 5.57 Å². The summed E-state index contributed by atoms with van der Waals surface area (Å²) in [5.41, 5.74) is 1.28. The minimum atomic E-state index is -1.19. The molecule has 0 aromatic rings. The summed E-state index contributed by atoms with van der Waals surface area (Å²) in [4.78, 5) is 11.0. The Balaban J connectivity index is 2.45. The number of allylic oxidation sites excluding steroid dienone is 2. The van der Waals surface area contributed by atoms with E-state index in [0.717, 1.165) is 24.7 Å². The van der Waals surface area contributed by atoms with Gasteiger partial charge in [-0.15, -0.1) is 0 Å². The lowest BCUT2D eigenvalue weighted by molar-refractivity contribution is -0.106. The van der Waals surface area contributed by atoms with Crippen molar-refractivity contribution in [1.29, 1.82) is 0 Å². The number of hydrogen-bond acceptors (Lipinski definition) is 3. The van der Waals surface area contributed by atoms with Gasteiger partial charge in [-0.3, -0.25) is 4.79 Å². The lowest BCUT2D eigenvalue weighted by Crippen LogP contribution is -2.39. The monoisotopic (exact) mass is 222 g/mol. The van der Waals surface area contributed by atoms with Crippen LogP contribution in [0.1, 0.15) is 33.1 Å². The van der Waals surface area contributed by atoms with E-state index in [4.69, 9.17) is 0 Å². The van der Waals surface area contributed by atoms with Gasteiger partial charge in [-0.1, -0.05) is 18.6 Å². The highest BCUT2D eigenvalue weighted by Crippen LogP contribution is 2.43. The average Bonchev–Trinajstić information content (AvgIpc) is 2.23. The molecule has 3 atom stereocenters. The second kappa shape index (κ2) is 3.82. The Labute approximate surface area is 95.5 Å². The molecule has 3 unspecified atom stereocenters. The van der Waals surface area contributed by atoms with Crippen LogP contribution in [0.4, 0.5) is 0 Å². The van der Waals surface area contributed by atoms with Gasteiger partial charge < -0.3 is 10.2 Å². The summed E-state index contributed by atoms with van der Waals surface area (Å²) in [5, 5.41) is 20.1. The first kappa shape index (κ1) is 11.6. The van der Waals surface area contributed by atoms with Crippen molar-refractivity contribution in [1.82, 2.24) is 0 Å². The van der Waals surface area contributed by atoms with Crippen LogP contribution in [-0.4, -0.2) is 28.2 Å². The molecule has 0 heterocycles. The van der Waals surface area contributed by atoms with Crippen LogP contribution in [0.5, 0.6) is 0 Å². The Morgan fingerprint density at radius 1 is 1.56 bits per heavy atom. The predicted octanol–water partition coefficient (Wildman–Crippen LogP) is 1.35. The van der Waals surface area contributed by atoms with Gasteiger partial charge in [-0.05, 0) is 37.7 Å². The molecule has 0 saturated carbocycles. The number of hydrogen-bond donors (Lipinski definition) is 2. The van der Waals surface area contributed by atoms with Crippen molar-refractivity contribution in [3.63, 3.8) is 0 Å². The maximum Gasteiger partial charge on any atom is 0.148 e. The molecule has 0 bridgehead atoms. The minimum absolute atomic E-state index is 0.197. The third-order valence-corrected chi connectivity index (χ3v) is 3.83. The molecule has 0 aromatic carbocycles. The summed E-state index contributed by atoms with van der Waals surface area (Å²) >= 11 is 0. The Morgan fingerprint density at radius 3 is 2.88 bits per heavy atom. The highest BCUT2D eigenvalue weighted by molar-refractivity contribution is 5.79. The van der Waals surface area contributed by atoms with E-state index in [2.05, 4.69) is 0 Å². The van der Waals surface area contributed by atoms with Crippen LogP contribution in [0, 0.1) is 5.92 Å². The zero-order valence-corrected chi connectivity index (χ0v) is 9.73. The molecule has 2 aliphatic rings. The predicted molar refractivity (Wildman–Crippen MR) is 60.8 cm³/mol. The molecular formula is C13H18O3. The molecule has 0 amide bonds. The second-order valence-corrected chi connectivity index (χ2v) is 5.00. The fraction of sp³-hybridized carbons (Fsp3) is 0.615. The molecule has 2 aliphatic carbocycles. The quantitative estimate of drug-likeness (QED) is 0.520. The van der Waals surface area contributed by atoms with Crippen LogP contribution >= 0.6 is 0 Å². The van der Waals surface area contributed by atoms with Crippen molar-refractivity contribution in [2.75, 3.05) is 0 Å². The van der Waals surface area contributed by atoms with Gasteiger partial charge >= 0.3 is 0 Å². The van der Waals surface area contributed by atoms with E-state index in [0.29, 0.717) is 12.0 Å². The largest absolute Gasteiger partial charge is 0.393 e. The van der Waals surface area contributed by atoms with E-state index in [1.807, 2.05) is 13.0 Å². The van der Waals surface area contributed by atoms with Gasteiger partial charge in [0.1, 0.15) is 11.9 Å². The summed E-state index contributed by atoms with van der Waals surface area (Å²) in [6.45, 7) is 3.68.